The van der Waals surface area contributed by atoms with Crippen LogP contribution >= 0.6 is 0 Å². The molecule has 4 heteroatoms. The van der Waals surface area contributed by atoms with Crippen LogP contribution in [0.4, 0.5) is 4.39 Å². The molecule has 1 N–H and O–H groups in total. The van der Waals surface area contributed by atoms with Crippen LogP contribution in [0.3, 0.4) is 0 Å². The van der Waals surface area contributed by atoms with Crippen LogP contribution in [-0.4, -0.2) is 16.6 Å². The number of hydrogen-bond donors (Lipinski definition) is 1. The zero-order valence-electron chi connectivity index (χ0n) is 10.7. The first-order chi connectivity index (χ1) is 8.76. The maximum absolute atomic E-state index is 13.8. The van der Waals surface area contributed by atoms with E-state index in [1.165, 1.54) is 6.07 Å². The predicted octanol–water partition coefficient (Wildman–Crippen LogP) is 2.55. The molecule has 0 fully saturated rings. The van der Waals surface area contributed by atoms with Crippen molar-refractivity contribution >= 4 is 0 Å². The van der Waals surface area contributed by atoms with Gasteiger partial charge >= 0.3 is 0 Å². The zero-order valence-corrected chi connectivity index (χ0v) is 10.7. The summed E-state index contributed by atoms with van der Waals surface area (Å²) in [5, 5.41) is 3.16. The average Bonchev–Trinajstić information content (AvgIpc) is 2.84. The number of aryl methyl sites for hydroxylation is 1. The van der Waals surface area contributed by atoms with E-state index in [2.05, 4.69) is 21.8 Å². The van der Waals surface area contributed by atoms with Gasteiger partial charge in [0.25, 0.3) is 0 Å². The molecule has 0 aliphatic heterocycles. The highest BCUT2D eigenvalue weighted by atomic mass is 19.1. The fourth-order valence-corrected chi connectivity index (χ4v) is 2.12. The standard InChI is InChI=1S/C14H18FN3/c1-3-14-17-8-9-18(14)10-13(16-2)11-6-4-5-7-12(11)15/h4-9,13,16H,3,10H2,1-2H3. The van der Waals surface area contributed by atoms with Crippen molar-refractivity contribution in [2.75, 3.05) is 7.05 Å². The van der Waals surface area contributed by atoms with Crippen LogP contribution in [0.5, 0.6) is 0 Å². The molecule has 3 nitrogen and oxygen atoms in total. The van der Waals surface area contributed by atoms with E-state index in [4.69, 9.17) is 0 Å². The van der Waals surface area contributed by atoms with Crippen molar-refractivity contribution in [1.82, 2.24) is 14.9 Å². The van der Waals surface area contributed by atoms with E-state index in [9.17, 15) is 4.39 Å². The van der Waals surface area contributed by atoms with Gasteiger partial charge in [-0.25, -0.2) is 9.37 Å². The Balaban J connectivity index is 2.23. The summed E-state index contributed by atoms with van der Waals surface area (Å²) in [5.41, 5.74) is 0.691. The Morgan fingerprint density at radius 3 is 2.83 bits per heavy atom. The second-order valence-corrected chi connectivity index (χ2v) is 4.21. The van der Waals surface area contributed by atoms with Gasteiger partial charge in [-0.1, -0.05) is 25.1 Å². The van der Waals surface area contributed by atoms with E-state index in [-0.39, 0.29) is 11.9 Å². The molecule has 0 radical (unpaired) electrons. The van der Waals surface area contributed by atoms with E-state index < -0.39 is 0 Å². The van der Waals surface area contributed by atoms with Gasteiger partial charge in [0, 0.05) is 30.9 Å². The SMILES string of the molecule is CCc1nccn1CC(NC)c1ccccc1F. The highest BCUT2D eigenvalue weighted by molar-refractivity contribution is 5.21. The Kier molecular flexibility index (Phi) is 4.10. The lowest BCUT2D eigenvalue weighted by molar-refractivity contribution is 0.466. The van der Waals surface area contributed by atoms with Gasteiger partial charge in [0.15, 0.2) is 0 Å². The van der Waals surface area contributed by atoms with Crippen LogP contribution in [0.2, 0.25) is 0 Å². The molecule has 2 aromatic rings. The summed E-state index contributed by atoms with van der Waals surface area (Å²) in [5.74, 6) is 0.849. The van der Waals surface area contributed by atoms with Crippen LogP contribution < -0.4 is 5.32 Å². The van der Waals surface area contributed by atoms with E-state index >= 15 is 0 Å². The number of likely N-dealkylation sites (N-methyl/N-ethyl adjacent to an activating group) is 1. The van der Waals surface area contributed by atoms with Gasteiger partial charge in [-0.15, -0.1) is 0 Å². The van der Waals surface area contributed by atoms with E-state index in [0.717, 1.165) is 12.2 Å². The van der Waals surface area contributed by atoms with Crippen LogP contribution in [0, 0.1) is 5.82 Å². The lowest BCUT2D eigenvalue weighted by atomic mass is 10.1. The predicted molar refractivity (Wildman–Crippen MR) is 69.8 cm³/mol. The molecule has 1 aromatic carbocycles. The molecule has 1 unspecified atom stereocenters. The van der Waals surface area contributed by atoms with Gasteiger partial charge in [-0.05, 0) is 13.1 Å². The van der Waals surface area contributed by atoms with Crippen molar-refractivity contribution in [2.45, 2.75) is 25.9 Å². The first-order valence-electron chi connectivity index (χ1n) is 6.18. The van der Waals surface area contributed by atoms with Crippen LogP contribution in [0.25, 0.3) is 0 Å². The Morgan fingerprint density at radius 1 is 1.39 bits per heavy atom. The Labute approximate surface area is 107 Å². The molecule has 0 saturated heterocycles. The molecule has 0 amide bonds. The first-order valence-corrected chi connectivity index (χ1v) is 6.18. The molecule has 0 spiro atoms. The number of halogens is 1. The van der Waals surface area contributed by atoms with Gasteiger partial charge in [-0.3, -0.25) is 0 Å². The van der Waals surface area contributed by atoms with E-state index in [1.54, 1.807) is 12.3 Å². The summed E-state index contributed by atoms with van der Waals surface area (Å²) in [6, 6.07) is 6.83. The van der Waals surface area contributed by atoms with E-state index in [0.29, 0.717) is 12.1 Å². The van der Waals surface area contributed by atoms with Gasteiger partial charge in [0.1, 0.15) is 11.6 Å². The van der Waals surface area contributed by atoms with Gasteiger partial charge < -0.3 is 9.88 Å². The van der Waals surface area contributed by atoms with Crippen molar-refractivity contribution in [3.8, 4) is 0 Å². The van der Waals surface area contributed by atoms with Gasteiger partial charge in [0.2, 0.25) is 0 Å². The molecule has 1 aromatic heterocycles. The summed E-state index contributed by atoms with van der Waals surface area (Å²) in [6.07, 6.45) is 4.59. The molecular formula is C14H18FN3. The first kappa shape index (κ1) is 12.8. The lowest BCUT2D eigenvalue weighted by Crippen LogP contribution is -2.23. The smallest absolute Gasteiger partial charge is 0.128 e. The number of aromatic nitrogens is 2. The highest BCUT2D eigenvalue weighted by Crippen LogP contribution is 2.19. The number of benzene rings is 1. The molecule has 0 bridgehead atoms. The summed E-state index contributed by atoms with van der Waals surface area (Å²) in [6.45, 7) is 2.75. The largest absolute Gasteiger partial charge is 0.333 e. The zero-order chi connectivity index (χ0) is 13.0. The summed E-state index contributed by atoms with van der Waals surface area (Å²) in [4.78, 5) is 4.28. The fourth-order valence-electron chi connectivity index (χ4n) is 2.12. The minimum Gasteiger partial charge on any atom is -0.333 e. The summed E-state index contributed by atoms with van der Waals surface area (Å²) in [7, 11) is 1.85. The minimum atomic E-state index is -0.171. The number of nitrogens with one attached hydrogen (secondary N) is 1. The monoisotopic (exact) mass is 247 g/mol. The molecule has 1 heterocycles. The molecule has 2 rings (SSSR count). The van der Waals surface area contributed by atoms with E-state index in [1.807, 2.05) is 25.4 Å². The molecule has 0 saturated carbocycles. The fraction of sp³-hybridized carbons (Fsp3) is 0.357. The Morgan fingerprint density at radius 2 is 2.17 bits per heavy atom. The van der Waals surface area contributed by atoms with Crippen molar-refractivity contribution in [3.63, 3.8) is 0 Å². The Bertz CT molecular complexity index is 507. The topological polar surface area (TPSA) is 29.9 Å². The number of imidazole rings is 1. The molecule has 1 atom stereocenters. The summed E-state index contributed by atoms with van der Waals surface area (Å²) >= 11 is 0. The van der Waals surface area contributed by atoms with Crippen LogP contribution in [0.15, 0.2) is 36.7 Å². The number of nitrogens with zero attached hydrogens (tertiary/aromatic N) is 2. The van der Waals surface area contributed by atoms with Crippen molar-refractivity contribution < 1.29 is 4.39 Å². The number of rotatable bonds is 5. The van der Waals surface area contributed by atoms with Crippen molar-refractivity contribution in [3.05, 3.63) is 53.9 Å². The molecule has 0 aliphatic rings. The third kappa shape index (κ3) is 2.59. The third-order valence-electron chi connectivity index (χ3n) is 3.13. The maximum Gasteiger partial charge on any atom is 0.128 e. The molecule has 96 valence electrons. The number of hydrogen-bond acceptors (Lipinski definition) is 2. The molecular weight excluding hydrogens is 229 g/mol. The van der Waals surface area contributed by atoms with Gasteiger partial charge in [0.05, 0.1) is 6.04 Å². The van der Waals surface area contributed by atoms with Crippen molar-refractivity contribution in [1.29, 1.82) is 0 Å². The van der Waals surface area contributed by atoms with Gasteiger partial charge in [-0.2, -0.15) is 0 Å². The lowest BCUT2D eigenvalue weighted by Gasteiger charge is -2.19. The quantitative estimate of drug-likeness (QED) is 0.880. The summed E-state index contributed by atoms with van der Waals surface area (Å²) < 4.78 is 15.8. The van der Waals surface area contributed by atoms with Crippen LogP contribution in [-0.2, 0) is 13.0 Å². The third-order valence-corrected chi connectivity index (χ3v) is 3.13. The molecule has 18 heavy (non-hydrogen) atoms. The van der Waals surface area contributed by atoms with Crippen LogP contribution in [0.1, 0.15) is 24.4 Å². The average molecular weight is 247 g/mol. The second-order valence-electron chi connectivity index (χ2n) is 4.21. The minimum absolute atomic E-state index is 0.0503. The normalized spacial score (nSPS) is 12.6. The van der Waals surface area contributed by atoms with Crippen molar-refractivity contribution in [2.24, 2.45) is 0 Å². The molecule has 0 aliphatic carbocycles. The second kappa shape index (κ2) is 5.78. The maximum atomic E-state index is 13.8. The highest BCUT2D eigenvalue weighted by Gasteiger charge is 2.15. The Hall–Kier alpha value is -1.68.